The van der Waals surface area contributed by atoms with E-state index in [9.17, 15) is 0 Å². The van der Waals surface area contributed by atoms with Crippen molar-refractivity contribution >= 4 is 29.9 Å². The first-order valence-electron chi connectivity index (χ1n) is 9.04. The van der Waals surface area contributed by atoms with Crippen molar-refractivity contribution in [2.75, 3.05) is 40.0 Å². The van der Waals surface area contributed by atoms with Crippen molar-refractivity contribution in [2.45, 2.75) is 39.5 Å². The average molecular weight is 463 g/mol. The highest BCUT2D eigenvalue weighted by atomic mass is 127. The second-order valence-electron chi connectivity index (χ2n) is 5.57. The molecule has 0 aliphatic rings. The van der Waals surface area contributed by atoms with Gasteiger partial charge in [-0.1, -0.05) is 25.5 Å². The van der Waals surface area contributed by atoms with Crippen LogP contribution in [0.5, 0.6) is 5.75 Å². The molecule has 1 rings (SSSR count). The monoisotopic (exact) mass is 463 g/mol. The Hall–Kier alpha value is -1.02. The van der Waals surface area contributed by atoms with Gasteiger partial charge < -0.3 is 20.1 Å². The summed E-state index contributed by atoms with van der Waals surface area (Å²) in [5, 5.41) is 6.62. The van der Waals surface area contributed by atoms with Gasteiger partial charge in [0.2, 0.25) is 0 Å². The predicted molar refractivity (Wildman–Crippen MR) is 116 cm³/mol. The molecule has 0 radical (unpaired) electrons. The van der Waals surface area contributed by atoms with Crippen LogP contribution in [-0.4, -0.2) is 45.9 Å². The molecule has 0 bridgehead atoms. The summed E-state index contributed by atoms with van der Waals surface area (Å²) in [4.78, 5) is 4.23. The fraction of sp³-hybridized carbons (Fsp3) is 0.632. The molecular formula is C19H34IN3O2. The number of halogens is 1. The first-order valence-corrected chi connectivity index (χ1v) is 9.04. The molecule has 0 aromatic heterocycles. The zero-order valence-electron chi connectivity index (χ0n) is 15.8. The Kier molecular flexibility index (Phi) is 15.8. The molecule has 0 unspecified atom stereocenters. The molecule has 0 saturated carbocycles. The smallest absolute Gasteiger partial charge is 0.190 e. The number of nitrogens with one attached hydrogen (secondary N) is 2. The van der Waals surface area contributed by atoms with Crippen LogP contribution in [0.3, 0.4) is 0 Å². The molecule has 2 N–H and O–H groups in total. The van der Waals surface area contributed by atoms with Crippen molar-refractivity contribution in [1.82, 2.24) is 10.6 Å². The lowest BCUT2D eigenvalue weighted by atomic mass is 10.1. The topological polar surface area (TPSA) is 54.9 Å². The van der Waals surface area contributed by atoms with Crippen LogP contribution in [0.4, 0.5) is 0 Å². The number of ether oxygens (including phenoxy) is 2. The van der Waals surface area contributed by atoms with Gasteiger partial charge in [-0.25, -0.2) is 0 Å². The minimum atomic E-state index is 0. The maximum Gasteiger partial charge on any atom is 0.190 e. The average Bonchev–Trinajstić information content (AvgIpc) is 2.61. The van der Waals surface area contributed by atoms with E-state index in [0.717, 1.165) is 70.3 Å². The molecule has 0 fully saturated rings. The van der Waals surface area contributed by atoms with Crippen LogP contribution in [0.2, 0.25) is 0 Å². The molecule has 0 saturated heterocycles. The van der Waals surface area contributed by atoms with Gasteiger partial charge in [0.25, 0.3) is 0 Å². The van der Waals surface area contributed by atoms with Crippen LogP contribution in [0.25, 0.3) is 0 Å². The van der Waals surface area contributed by atoms with Crippen molar-refractivity contribution in [1.29, 1.82) is 0 Å². The molecule has 0 heterocycles. The van der Waals surface area contributed by atoms with Crippen molar-refractivity contribution < 1.29 is 9.47 Å². The third kappa shape index (κ3) is 12.0. The summed E-state index contributed by atoms with van der Waals surface area (Å²) in [5.41, 5.74) is 1.29. The first-order chi connectivity index (χ1) is 11.8. The van der Waals surface area contributed by atoms with E-state index >= 15 is 0 Å². The highest BCUT2D eigenvalue weighted by molar-refractivity contribution is 14.0. The van der Waals surface area contributed by atoms with E-state index < -0.39 is 0 Å². The van der Waals surface area contributed by atoms with E-state index in [2.05, 4.69) is 34.7 Å². The van der Waals surface area contributed by atoms with Gasteiger partial charge in [-0.2, -0.15) is 0 Å². The molecule has 144 valence electrons. The number of guanidine groups is 1. The SMILES string of the molecule is CCCCOc1ccc(CCNC(=NC)NCCCOCC)cc1.I. The molecule has 0 amide bonds. The van der Waals surface area contributed by atoms with E-state index in [-0.39, 0.29) is 24.0 Å². The number of nitrogens with zero attached hydrogens (tertiary/aromatic N) is 1. The Morgan fingerprint density at radius 2 is 1.72 bits per heavy atom. The zero-order valence-corrected chi connectivity index (χ0v) is 18.2. The largest absolute Gasteiger partial charge is 0.494 e. The molecule has 0 aliphatic heterocycles. The lowest BCUT2D eigenvalue weighted by molar-refractivity contribution is 0.145. The van der Waals surface area contributed by atoms with Gasteiger partial charge in [-0.05, 0) is 43.9 Å². The van der Waals surface area contributed by atoms with Gasteiger partial charge in [0.05, 0.1) is 6.61 Å². The van der Waals surface area contributed by atoms with Crippen LogP contribution >= 0.6 is 24.0 Å². The molecular weight excluding hydrogens is 429 g/mol. The summed E-state index contributed by atoms with van der Waals surface area (Å²) in [5.74, 6) is 1.79. The fourth-order valence-electron chi connectivity index (χ4n) is 2.16. The van der Waals surface area contributed by atoms with Crippen LogP contribution in [0.15, 0.2) is 29.3 Å². The number of hydrogen-bond donors (Lipinski definition) is 2. The molecule has 0 spiro atoms. The summed E-state index contributed by atoms with van der Waals surface area (Å²) >= 11 is 0. The van der Waals surface area contributed by atoms with Crippen LogP contribution < -0.4 is 15.4 Å². The number of benzene rings is 1. The van der Waals surface area contributed by atoms with Gasteiger partial charge in [-0.3, -0.25) is 4.99 Å². The summed E-state index contributed by atoms with van der Waals surface area (Å²) in [6.45, 7) is 8.24. The lowest BCUT2D eigenvalue weighted by Gasteiger charge is -2.12. The standard InChI is InChI=1S/C19H33N3O2.HI/c1-4-6-16-24-18-10-8-17(9-11-18)12-14-22-19(20-3)21-13-7-15-23-5-2;/h8-11H,4-7,12-16H2,1-3H3,(H2,20,21,22);1H. The van der Waals surface area contributed by atoms with Crippen LogP contribution in [0, 0.1) is 0 Å². The minimum absolute atomic E-state index is 0. The maximum absolute atomic E-state index is 5.68. The van der Waals surface area contributed by atoms with Crippen molar-refractivity contribution in [2.24, 2.45) is 4.99 Å². The fourth-order valence-corrected chi connectivity index (χ4v) is 2.16. The van der Waals surface area contributed by atoms with E-state index in [1.807, 2.05) is 19.1 Å². The third-order valence-electron chi connectivity index (χ3n) is 3.58. The first kappa shape index (κ1) is 24.0. The van der Waals surface area contributed by atoms with Crippen molar-refractivity contribution in [3.05, 3.63) is 29.8 Å². The van der Waals surface area contributed by atoms with E-state index in [1.165, 1.54) is 5.56 Å². The third-order valence-corrected chi connectivity index (χ3v) is 3.58. The van der Waals surface area contributed by atoms with E-state index in [4.69, 9.17) is 9.47 Å². The second kappa shape index (κ2) is 16.4. The highest BCUT2D eigenvalue weighted by Gasteiger charge is 1.99. The normalized spacial score (nSPS) is 10.9. The van der Waals surface area contributed by atoms with Gasteiger partial charge in [0, 0.05) is 33.4 Å². The quantitative estimate of drug-likeness (QED) is 0.215. The zero-order chi connectivity index (χ0) is 17.5. The minimum Gasteiger partial charge on any atom is -0.494 e. The summed E-state index contributed by atoms with van der Waals surface area (Å²) in [6, 6.07) is 8.35. The summed E-state index contributed by atoms with van der Waals surface area (Å²) < 4.78 is 11.0. The van der Waals surface area contributed by atoms with E-state index in [0.29, 0.717) is 0 Å². The number of unbranched alkanes of at least 4 members (excludes halogenated alkanes) is 1. The maximum atomic E-state index is 5.68. The molecule has 6 heteroatoms. The number of hydrogen-bond acceptors (Lipinski definition) is 3. The van der Waals surface area contributed by atoms with Gasteiger partial charge >= 0.3 is 0 Å². The summed E-state index contributed by atoms with van der Waals surface area (Å²) in [6.07, 6.45) is 4.19. The van der Waals surface area contributed by atoms with Crippen molar-refractivity contribution in [3.8, 4) is 5.75 Å². The lowest BCUT2D eigenvalue weighted by Crippen LogP contribution is -2.39. The molecule has 25 heavy (non-hydrogen) atoms. The Morgan fingerprint density at radius 1 is 1.00 bits per heavy atom. The van der Waals surface area contributed by atoms with Crippen LogP contribution in [0.1, 0.15) is 38.7 Å². The molecule has 0 atom stereocenters. The molecule has 5 nitrogen and oxygen atoms in total. The highest BCUT2D eigenvalue weighted by Crippen LogP contribution is 2.12. The Labute approximate surface area is 170 Å². The van der Waals surface area contributed by atoms with Gasteiger partial charge in [-0.15, -0.1) is 24.0 Å². The number of rotatable bonds is 12. The second-order valence-corrected chi connectivity index (χ2v) is 5.57. The van der Waals surface area contributed by atoms with Crippen LogP contribution in [-0.2, 0) is 11.2 Å². The Balaban J connectivity index is 0.00000576. The Bertz CT molecular complexity index is 452. The summed E-state index contributed by atoms with van der Waals surface area (Å²) in [7, 11) is 1.79. The molecule has 1 aromatic rings. The van der Waals surface area contributed by atoms with E-state index in [1.54, 1.807) is 7.05 Å². The number of aliphatic imine (C=N–C) groups is 1. The molecule has 1 aromatic carbocycles. The van der Waals surface area contributed by atoms with Crippen molar-refractivity contribution in [3.63, 3.8) is 0 Å². The predicted octanol–water partition coefficient (Wildman–Crippen LogP) is 3.62. The van der Waals surface area contributed by atoms with Gasteiger partial charge in [0.1, 0.15) is 5.75 Å². The molecule has 0 aliphatic carbocycles. The Morgan fingerprint density at radius 3 is 2.36 bits per heavy atom. The van der Waals surface area contributed by atoms with Gasteiger partial charge in [0.15, 0.2) is 5.96 Å².